The zero-order valence-corrected chi connectivity index (χ0v) is 10.1. The Balaban J connectivity index is 2.12. The number of ketones is 1. The molecule has 1 fully saturated rings. The Morgan fingerprint density at radius 3 is 2.93 bits per heavy atom. The molecule has 0 radical (unpaired) electrons. The first-order valence-electron chi connectivity index (χ1n) is 5.63. The number of nitrogens with zero attached hydrogens (tertiary/aromatic N) is 1. The average Bonchev–Trinajstić information content (AvgIpc) is 2.65. The van der Waals surface area contributed by atoms with Gasteiger partial charge in [-0.15, -0.1) is 11.3 Å². The van der Waals surface area contributed by atoms with Crippen LogP contribution in [0.15, 0.2) is 6.20 Å². The Hall–Kier alpha value is -0.700. The smallest absolute Gasteiger partial charge is 0.136 e. The van der Waals surface area contributed by atoms with Crippen molar-refractivity contribution in [1.82, 2.24) is 4.98 Å². The van der Waals surface area contributed by atoms with Crippen LogP contribution in [0.25, 0.3) is 0 Å². The van der Waals surface area contributed by atoms with E-state index < -0.39 is 0 Å². The Morgan fingerprint density at radius 1 is 1.53 bits per heavy atom. The van der Waals surface area contributed by atoms with E-state index in [0.29, 0.717) is 11.7 Å². The summed E-state index contributed by atoms with van der Waals surface area (Å²) >= 11 is 1.73. The molecule has 0 saturated heterocycles. The van der Waals surface area contributed by atoms with Gasteiger partial charge in [-0.3, -0.25) is 4.79 Å². The summed E-state index contributed by atoms with van der Waals surface area (Å²) in [4.78, 5) is 17.4. The lowest BCUT2D eigenvalue weighted by molar-refractivity contribution is -0.125. The van der Waals surface area contributed by atoms with E-state index in [1.807, 2.05) is 6.20 Å². The van der Waals surface area contributed by atoms with Crippen molar-refractivity contribution in [3.05, 3.63) is 16.1 Å². The van der Waals surface area contributed by atoms with Gasteiger partial charge in [0.25, 0.3) is 0 Å². The predicted molar refractivity (Wildman–Crippen MR) is 62.2 cm³/mol. The van der Waals surface area contributed by atoms with Crippen LogP contribution in [0.2, 0.25) is 0 Å². The maximum Gasteiger partial charge on any atom is 0.136 e. The summed E-state index contributed by atoms with van der Waals surface area (Å²) in [5, 5.41) is 1.13. The molecule has 2 nitrogen and oxygen atoms in total. The van der Waals surface area contributed by atoms with Gasteiger partial charge in [-0.25, -0.2) is 4.98 Å². The fourth-order valence-corrected chi connectivity index (χ4v) is 3.18. The predicted octanol–water partition coefficient (Wildman–Crippen LogP) is 3.31. The molecule has 0 aromatic carbocycles. The minimum Gasteiger partial charge on any atom is -0.299 e. The fourth-order valence-electron chi connectivity index (χ4n) is 2.29. The largest absolute Gasteiger partial charge is 0.299 e. The number of hydrogen-bond acceptors (Lipinski definition) is 3. The molecule has 2 atom stereocenters. The van der Waals surface area contributed by atoms with E-state index in [2.05, 4.69) is 18.8 Å². The molecule has 1 aliphatic carbocycles. The number of carbonyl (C=O) groups is 1. The Morgan fingerprint density at radius 2 is 2.33 bits per heavy atom. The second-order valence-electron chi connectivity index (χ2n) is 4.42. The zero-order chi connectivity index (χ0) is 10.8. The number of aryl methyl sites for hydroxylation is 1. The molecule has 1 aromatic rings. The molecule has 0 bridgehead atoms. The second kappa shape index (κ2) is 4.44. The van der Waals surface area contributed by atoms with Crippen molar-refractivity contribution in [1.29, 1.82) is 0 Å². The van der Waals surface area contributed by atoms with Crippen molar-refractivity contribution in [2.45, 2.75) is 45.4 Å². The van der Waals surface area contributed by atoms with Gasteiger partial charge >= 0.3 is 0 Å². The molecule has 1 aromatic heterocycles. The first-order chi connectivity index (χ1) is 7.18. The number of rotatable bonds is 2. The van der Waals surface area contributed by atoms with Gasteiger partial charge in [0.15, 0.2) is 0 Å². The molecule has 1 aliphatic rings. The van der Waals surface area contributed by atoms with Crippen molar-refractivity contribution in [3.63, 3.8) is 0 Å². The van der Waals surface area contributed by atoms with Crippen LogP contribution in [-0.4, -0.2) is 10.8 Å². The van der Waals surface area contributed by atoms with Gasteiger partial charge in [0, 0.05) is 29.3 Å². The topological polar surface area (TPSA) is 30.0 Å². The molecule has 0 N–H and O–H groups in total. The van der Waals surface area contributed by atoms with Gasteiger partial charge in [-0.2, -0.15) is 0 Å². The van der Waals surface area contributed by atoms with Gasteiger partial charge in [0.2, 0.25) is 0 Å². The third-order valence-corrected chi connectivity index (χ3v) is 4.35. The quantitative estimate of drug-likeness (QED) is 0.770. The van der Waals surface area contributed by atoms with Crippen molar-refractivity contribution in [3.8, 4) is 0 Å². The van der Waals surface area contributed by atoms with Gasteiger partial charge in [-0.1, -0.05) is 13.3 Å². The Labute approximate surface area is 94.7 Å². The molecule has 1 heterocycles. The average molecular weight is 223 g/mol. The maximum absolute atomic E-state index is 11.8. The van der Waals surface area contributed by atoms with Crippen LogP contribution in [0.4, 0.5) is 0 Å². The molecule has 2 rings (SSSR count). The van der Waals surface area contributed by atoms with Crippen LogP contribution in [0, 0.1) is 12.8 Å². The van der Waals surface area contributed by atoms with E-state index in [-0.39, 0.29) is 5.92 Å². The van der Waals surface area contributed by atoms with E-state index in [4.69, 9.17) is 0 Å². The lowest BCUT2D eigenvalue weighted by Crippen LogP contribution is -2.24. The molecule has 0 aliphatic heterocycles. The third kappa shape index (κ3) is 2.28. The van der Waals surface area contributed by atoms with Crippen molar-refractivity contribution < 1.29 is 4.79 Å². The summed E-state index contributed by atoms with van der Waals surface area (Å²) in [6, 6.07) is 0. The molecule has 2 unspecified atom stereocenters. The van der Waals surface area contributed by atoms with E-state index in [1.165, 1.54) is 11.3 Å². The molecule has 0 spiro atoms. The molecular formula is C12H17NOS. The number of carbonyl (C=O) groups excluding carboxylic acids is 1. The maximum atomic E-state index is 11.8. The third-order valence-electron chi connectivity index (χ3n) is 3.23. The molecule has 82 valence electrons. The number of aromatic nitrogens is 1. The van der Waals surface area contributed by atoms with Crippen LogP contribution >= 0.6 is 11.3 Å². The molecule has 0 amide bonds. The second-order valence-corrected chi connectivity index (χ2v) is 5.68. The highest BCUT2D eigenvalue weighted by Gasteiger charge is 2.29. The lowest BCUT2D eigenvalue weighted by atomic mass is 9.80. The summed E-state index contributed by atoms with van der Waals surface area (Å²) in [5.74, 6) is 0.988. The highest BCUT2D eigenvalue weighted by Crippen LogP contribution is 2.35. The summed E-state index contributed by atoms with van der Waals surface area (Å²) < 4.78 is 0. The summed E-state index contributed by atoms with van der Waals surface area (Å²) in [7, 11) is 0. The van der Waals surface area contributed by atoms with E-state index >= 15 is 0 Å². The summed E-state index contributed by atoms with van der Waals surface area (Å²) in [6.45, 7) is 4.21. The number of hydrogen-bond donors (Lipinski definition) is 0. The van der Waals surface area contributed by atoms with Gasteiger partial charge < -0.3 is 0 Å². The molecular weight excluding hydrogens is 206 g/mol. The van der Waals surface area contributed by atoms with Crippen molar-refractivity contribution in [2.75, 3.05) is 0 Å². The minimum atomic E-state index is 0.226. The first kappa shape index (κ1) is 10.8. The number of Topliss-reactive ketones (excluding diaryl/α,β-unsaturated/α-hetero) is 1. The van der Waals surface area contributed by atoms with Crippen LogP contribution < -0.4 is 0 Å². The SMILES string of the molecule is Cc1cnc(C(C)C2CCCCC2=O)s1. The molecule has 15 heavy (non-hydrogen) atoms. The zero-order valence-electron chi connectivity index (χ0n) is 9.32. The normalized spacial score (nSPS) is 24.1. The van der Waals surface area contributed by atoms with Gasteiger partial charge in [-0.05, 0) is 19.8 Å². The highest BCUT2D eigenvalue weighted by atomic mass is 32.1. The van der Waals surface area contributed by atoms with E-state index in [1.54, 1.807) is 11.3 Å². The highest BCUT2D eigenvalue weighted by molar-refractivity contribution is 7.11. The van der Waals surface area contributed by atoms with E-state index in [9.17, 15) is 4.79 Å². The van der Waals surface area contributed by atoms with Crippen molar-refractivity contribution in [2.24, 2.45) is 5.92 Å². The van der Waals surface area contributed by atoms with Gasteiger partial charge in [0.05, 0.1) is 5.01 Å². The number of thiazole rings is 1. The molecule has 3 heteroatoms. The standard InChI is InChI=1S/C12H17NOS/c1-8-7-13-12(15-8)9(2)10-5-3-4-6-11(10)14/h7,9-10H,3-6H2,1-2H3. The lowest BCUT2D eigenvalue weighted by Gasteiger charge is -2.24. The monoisotopic (exact) mass is 223 g/mol. The fraction of sp³-hybridized carbons (Fsp3) is 0.667. The molecule has 1 saturated carbocycles. The van der Waals surface area contributed by atoms with Gasteiger partial charge in [0.1, 0.15) is 5.78 Å². The van der Waals surface area contributed by atoms with Crippen molar-refractivity contribution >= 4 is 17.1 Å². The first-order valence-corrected chi connectivity index (χ1v) is 6.45. The summed E-state index contributed by atoms with van der Waals surface area (Å²) in [5.41, 5.74) is 0. The van der Waals surface area contributed by atoms with Crippen LogP contribution in [0.1, 0.15) is 48.4 Å². The minimum absolute atomic E-state index is 0.226. The summed E-state index contributed by atoms with van der Waals surface area (Å²) in [6.07, 6.45) is 6.02. The van der Waals surface area contributed by atoms with Crippen LogP contribution in [-0.2, 0) is 4.79 Å². The Bertz CT molecular complexity index is 358. The van der Waals surface area contributed by atoms with E-state index in [0.717, 1.165) is 24.3 Å². The van der Waals surface area contributed by atoms with Crippen LogP contribution in [0.3, 0.4) is 0 Å². The van der Waals surface area contributed by atoms with Crippen LogP contribution in [0.5, 0.6) is 0 Å². The Kier molecular flexibility index (Phi) is 3.19.